The van der Waals surface area contributed by atoms with Gasteiger partial charge in [0.25, 0.3) is 11.8 Å². The normalized spacial score (nSPS) is 14.3. The number of hydrogen-bond donors (Lipinski definition) is 1. The van der Waals surface area contributed by atoms with Crippen LogP contribution in [0.2, 0.25) is 0 Å². The van der Waals surface area contributed by atoms with Gasteiger partial charge in [0.2, 0.25) is 0 Å². The molecule has 2 aromatic rings. The number of aryl methyl sites for hydroxylation is 1. The minimum atomic E-state index is -1.09. The molecule has 0 atom stereocenters. The fourth-order valence-corrected chi connectivity index (χ4v) is 3.33. The van der Waals surface area contributed by atoms with Crippen molar-refractivity contribution in [3.8, 4) is 0 Å². The number of piperidine rings is 1. The predicted molar refractivity (Wildman–Crippen MR) is 106 cm³/mol. The van der Waals surface area contributed by atoms with Crippen molar-refractivity contribution in [3.05, 3.63) is 65.2 Å². The van der Waals surface area contributed by atoms with Gasteiger partial charge in [-0.2, -0.15) is 0 Å². The van der Waals surface area contributed by atoms with Crippen LogP contribution in [-0.2, 0) is 14.3 Å². The molecule has 1 saturated heterocycles. The summed E-state index contributed by atoms with van der Waals surface area (Å²) in [6.45, 7) is 2.20. The van der Waals surface area contributed by atoms with E-state index >= 15 is 0 Å². The Balaban J connectivity index is 1.45. The number of likely N-dealkylation sites (tertiary alicyclic amines) is 1. The Morgan fingerprint density at radius 3 is 2.43 bits per heavy atom. The van der Waals surface area contributed by atoms with Crippen LogP contribution in [0.3, 0.4) is 0 Å². The summed E-state index contributed by atoms with van der Waals surface area (Å²) < 4.78 is 31.1. The van der Waals surface area contributed by atoms with E-state index in [1.54, 1.807) is 11.0 Å². The van der Waals surface area contributed by atoms with Gasteiger partial charge in [0.15, 0.2) is 18.2 Å². The third-order valence-corrected chi connectivity index (χ3v) is 5.04. The SMILES string of the molecule is Cc1ccccc1C(=O)N1CCC(C(=O)OCC(=O)Nc2ccc(F)c(F)c2)CC1. The van der Waals surface area contributed by atoms with E-state index in [1.807, 2.05) is 25.1 Å². The van der Waals surface area contributed by atoms with E-state index in [0.717, 1.165) is 17.7 Å². The zero-order valence-corrected chi connectivity index (χ0v) is 16.5. The van der Waals surface area contributed by atoms with Gasteiger partial charge in [-0.05, 0) is 43.5 Å². The number of ether oxygens (including phenoxy) is 1. The maximum absolute atomic E-state index is 13.2. The number of rotatable bonds is 5. The van der Waals surface area contributed by atoms with Gasteiger partial charge in [0.05, 0.1) is 5.92 Å². The summed E-state index contributed by atoms with van der Waals surface area (Å²) in [5, 5.41) is 2.34. The first-order valence-corrected chi connectivity index (χ1v) is 9.61. The second-order valence-corrected chi connectivity index (χ2v) is 7.17. The van der Waals surface area contributed by atoms with Crippen molar-refractivity contribution < 1.29 is 27.9 Å². The molecule has 1 aliphatic rings. The lowest BCUT2D eigenvalue weighted by atomic mass is 9.96. The average molecular weight is 416 g/mol. The Bertz CT molecular complexity index is 956. The number of hydrogen-bond acceptors (Lipinski definition) is 4. The molecule has 3 rings (SSSR count). The van der Waals surface area contributed by atoms with Gasteiger partial charge in [0.1, 0.15) is 0 Å². The van der Waals surface area contributed by atoms with E-state index in [-0.39, 0.29) is 11.6 Å². The largest absolute Gasteiger partial charge is 0.455 e. The van der Waals surface area contributed by atoms with Crippen LogP contribution in [-0.4, -0.2) is 42.4 Å². The Morgan fingerprint density at radius 2 is 1.77 bits per heavy atom. The monoisotopic (exact) mass is 416 g/mol. The maximum Gasteiger partial charge on any atom is 0.309 e. The Kier molecular flexibility index (Phi) is 6.76. The average Bonchev–Trinajstić information content (AvgIpc) is 2.74. The molecule has 2 amide bonds. The summed E-state index contributed by atoms with van der Waals surface area (Å²) in [6, 6.07) is 10.3. The Labute approximate surface area is 172 Å². The molecule has 0 aromatic heterocycles. The van der Waals surface area contributed by atoms with Crippen LogP contribution in [0.15, 0.2) is 42.5 Å². The fraction of sp³-hybridized carbons (Fsp3) is 0.318. The molecule has 1 aliphatic heterocycles. The quantitative estimate of drug-likeness (QED) is 0.759. The van der Waals surface area contributed by atoms with E-state index in [4.69, 9.17) is 4.74 Å². The molecule has 0 unspecified atom stereocenters. The summed E-state index contributed by atoms with van der Waals surface area (Å²) in [7, 11) is 0. The summed E-state index contributed by atoms with van der Waals surface area (Å²) in [5.41, 5.74) is 1.61. The molecule has 6 nitrogen and oxygen atoms in total. The lowest BCUT2D eigenvalue weighted by Gasteiger charge is -2.31. The van der Waals surface area contributed by atoms with Gasteiger partial charge in [-0.3, -0.25) is 14.4 Å². The Hall–Kier alpha value is -3.29. The fourth-order valence-electron chi connectivity index (χ4n) is 3.33. The molecule has 0 spiro atoms. The molecule has 8 heteroatoms. The minimum absolute atomic E-state index is 0.0641. The molecule has 0 saturated carbocycles. The number of benzene rings is 2. The summed E-state index contributed by atoms with van der Waals surface area (Å²) in [6.07, 6.45) is 0.891. The lowest BCUT2D eigenvalue weighted by Crippen LogP contribution is -2.41. The van der Waals surface area contributed by atoms with Gasteiger partial charge in [-0.1, -0.05) is 18.2 Å². The van der Waals surface area contributed by atoms with Gasteiger partial charge in [-0.15, -0.1) is 0 Å². The van der Waals surface area contributed by atoms with Crippen LogP contribution in [0.5, 0.6) is 0 Å². The van der Waals surface area contributed by atoms with Crippen molar-refractivity contribution in [1.82, 2.24) is 4.90 Å². The number of esters is 1. The third kappa shape index (κ3) is 5.20. The second kappa shape index (κ2) is 9.47. The first-order chi connectivity index (χ1) is 14.3. The number of carbonyl (C=O) groups is 3. The standard InChI is InChI=1S/C22H22F2N2O4/c1-14-4-2-3-5-17(14)21(28)26-10-8-15(9-11-26)22(29)30-13-20(27)25-16-6-7-18(23)19(24)12-16/h2-7,12,15H,8-11,13H2,1H3,(H,25,27). The number of nitrogens with zero attached hydrogens (tertiary/aromatic N) is 1. The minimum Gasteiger partial charge on any atom is -0.455 e. The van der Waals surface area contributed by atoms with Gasteiger partial charge in [0, 0.05) is 30.4 Å². The molecule has 158 valence electrons. The molecule has 1 heterocycles. The maximum atomic E-state index is 13.2. The highest BCUT2D eigenvalue weighted by molar-refractivity contribution is 5.96. The molecule has 2 aromatic carbocycles. The van der Waals surface area contributed by atoms with E-state index in [9.17, 15) is 23.2 Å². The van der Waals surface area contributed by atoms with Crippen molar-refractivity contribution in [2.75, 3.05) is 25.0 Å². The zero-order valence-electron chi connectivity index (χ0n) is 16.5. The summed E-state index contributed by atoms with van der Waals surface area (Å²) in [4.78, 5) is 38.5. The number of anilines is 1. The molecule has 0 bridgehead atoms. The highest BCUT2D eigenvalue weighted by atomic mass is 19.2. The number of halogens is 2. The van der Waals surface area contributed by atoms with Crippen LogP contribution in [0, 0.1) is 24.5 Å². The Morgan fingerprint density at radius 1 is 1.07 bits per heavy atom. The van der Waals surface area contributed by atoms with Gasteiger partial charge >= 0.3 is 5.97 Å². The zero-order chi connectivity index (χ0) is 21.7. The second-order valence-electron chi connectivity index (χ2n) is 7.17. The predicted octanol–water partition coefficient (Wildman–Crippen LogP) is 3.31. The van der Waals surface area contributed by atoms with E-state index in [1.165, 1.54) is 6.07 Å². The highest BCUT2D eigenvalue weighted by Crippen LogP contribution is 2.21. The highest BCUT2D eigenvalue weighted by Gasteiger charge is 2.29. The van der Waals surface area contributed by atoms with Crippen LogP contribution in [0.25, 0.3) is 0 Å². The number of carbonyl (C=O) groups excluding carboxylic acids is 3. The van der Waals surface area contributed by atoms with Crippen molar-refractivity contribution in [1.29, 1.82) is 0 Å². The topological polar surface area (TPSA) is 75.7 Å². The molecule has 1 N–H and O–H groups in total. The van der Waals surface area contributed by atoms with Gasteiger partial charge < -0.3 is 15.0 Å². The summed E-state index contributed by atoms with van der Waals surface area (Å²) >= 11 is 0. The lowest BCUT2D eigenvalue weighted by molar-refractivity contribution is -0.152. The van der Waals surface area contributed by atoms with Crippen LogP contribution < -0.4 is 5.32 Å². The molecule has 0 radical (unpaired) electrons. The number of amides is 2. The third-order valence-electron chi connectivity index (χ3n) is 5.04. The molecule has 1 fully saturated rings. The first kappa shape index (κ1) is 21.4. The first-order valence-electron chi connectivity index (χ1n) is 9.61. The smallest absolute Gasteiger partial charge is 0.309 e. The van der Waals surface area contributed by atoms with Crippen molar-refractivity contribution in [2.45, 2.75) is 19.8 Å². The van der Waals surface area contributed by atoms with Gasteiger partial charge in [-0.25, -0.2) is 8.78 Å². The van der Waals surface area contributed by atoms with Crippen molar-refractivity contribution in [3.63, 3.8) is 0 Å². The molecular weight excluding hydrogens is 394 g/mol. The van der Waals surface area contributed by atoms with Crippen molar-refractivity contribution >= 4 is 23.5 Å². The molecule has 0 aliphatic carbocycles. The van der Waals surface area contributed by atoms with Crippen LogP contribution >= 0.6 is 0 Å². The van der Waals surface area contributed by atoms with E-state index in [2.05, 4.69) is 5.32 Å². The van der Waals surface area contributed by atoms with E-state index < -0.39 is 36.0 Å². The molecular formula is C22H22F2N2O4. The van der Waals surface area contributed by atoms with Crippen molar-refractivity contribution in [2.24, 2.45) is 5.92 Å². The number of nitrogens with one attached hydrogen (secondary N) is 1. The molecule has 30 heavy (non-hydrogen) atoms. The summed E-state index contributed by atoms with van der Waals surface area (Å²) in [5.74, 6) is -3.74. The van der Waals surface area contributed by atoms with E-state index in [0.29, 0.717) is 31.5 Å². The van der Waals surface area contributed by atoms with Crippen LogP contribution in [0.1, 0.15) is 28.8 Å². The van der Waals surface area contributed by atoms with Crippen LogP contribution in [0.4, 0.5) is 14.5 Å².